The summed E-state index contributed by atoms with van der Waals surface area (Å²) in [6.07, 6.45) is -15.7. The van der Waals surface area contributed by atoms with Gasteiger partial charge in [0, 0.05) is 12.6 Å². The summed E-state index contributed by atoms with van der Waals surface area (Å²) in [5, 5.41) is 81.1. The molecule has 0 aromatic rings. The molecule has 3 fully saturated rings. The van der Waals surface area contributed by atoms with Crippen molar-refractivity contribution in [2.45, 2.75) is 111 Å². The molecule has 0 amide bonds. The van der Waals surface area contributed by atoms with E-state index in [0.717, 1.165) is 0 Å². The molecule has 17 nitrogen and oxygen atoms in total. The molecule has 2 saturated heterocycles. The number of alkyl halides is 2. The van der Waals surface area contributed by atoms with Crippen molar-refractivity contribution in [1.29, 1.82) is 10.8 Å². The third kappa shape index (κ3) is 8.25. The van der Waals surface area contributed by atoms with Crippen LogP contribution in [0.2, 0.25) is 0 Å². The van der Waals surface area contributed by atoms with Crippen molar-refractivity contribution in [2.75, 3.05) is 19.8 Å². The molecule has 0 spiro atoms. The fourth-order valence-corrected chi connectivity index (χ4v) is 5.12. The molecule has 19 heteroatoms. The highest BCUT2D eigenvalue weighted by Gasteiger charge is 2.51. The van der Waals surface area contributed by atoms with Gasteiger partial charge in [0.2, 0.25) is 0 Å². The second-order valence-corrected chi connectivity index (χ2v) is 10.7. The first-order chi connectivity index (χ1) is 19.8. The second kappa shape index (κ2) is 15.3. The van der Waals surface area contributed by atoms with Gasteiger partial charge in [-0.25, -0.2) is 8.78 Å². The summed E-state index contributed by atoms with van der Waals surface area (Å²) in [6.45, 7) is -1.55. The average Bonchev–Trinajstić information content (AvgIpc) is 2.96. The normalized spacial score (nSPS) is 41.8. The maximum absolute atomic E-state index is 12.7. The van der Waals surface area contributed by atoms with Crippen LogP contribution in [0.3, 0.4) is 0 Å². The average molecular weight is 616 g/mol. The number of halogens is 2. The van der Waals surface area contributed by atoms with E-state index in [1.54, 1.807) is 0 Å². The number of ether oxygens (including phenoxy) is 4. The van der Waals surface area contributed by atoms with Crippen molar-refractivity contribution in [2.24, 2.45) is 17.2 Å². The zero-order valence-corrected chi connectivity index (χ0v) is 22.7. The maximum Gasteiger partial charge on any atom is 0.294 e. The van der Waals surface area contributed by atoms with Gasteiger partial charge in [0.15, 0.2) is 18.4 Å². The monoisotopic (exact) mass is 615 g/mol. The number of nitrogens with one attached hydrogen (secondary N) is 4. The third-order valence-electron chi connectivity index (χ3n) is 7.62. The fourth-order valence-electron chi connectivity index (χ4n) is 5.12. The minimum atomic E-state index is -2.98. The van der Waals surface area contributed by atoms with Crippen LogP contribution in [-0.2, 0) is 18.9 Å². The Kier molecular flexibility index (Phi) is 12.7. The molecule has 3 rings (SSSR count). The Hall–Kier alpha value is -1.72. The van der Waals surface area contributed by atoms with Gasteiger partial charge < -0.3 is 77.4 Å². The summed E-state index contributed by atoms with van der Waals surface area (Å²) >= 11 is 0. The van der Waals surface area contributed by atoms with Crippen molar-refractivity contribution in [1.82, 2.24) is 10.6 Å². The SMILES string of the molecule is N=C(NC[C@@H]1CCC(N)[C@@H](OC2C(O)C(O[C@H]3OC(CO)C(O)[C@H](N)C3O)[C@H](NC(=N)C(O)CO)C[C@@H]2N)O1)C(F)F. The zero-order chi connectivity index (χ0) is 31.3. The molecule has 2 aliphatic heterocycles. The van der Waals surface area contributed by atoms with Gasteiger partial charge in [0.05, 0.1) is 37.4 Å². The molecule has 1 aliphatic carbocycles. The van der Waals surface area contributed by atoms with Crippen LogP contribution in [0.5, 0.6) is 0 Å². The van der Waals surface area contributed by atoms with E-state index in [1.165, 1.54) is 0 Å². The van der Waals surface area contributed by atoms with Gasteiger partial charge in [0.25, 0.3) is 6.43 Å². The van der Waals surface area contributed by atoms with Crippen LogP contribution < -0.4 is 27.8 Å². The predicted molar refractivity (Wildman–Crippen MR) is 139 cm³/mol. The minimum Gasteiger partial charge on any atom is -0.394 e. The summed E-state index contributed by atoms with van der Waals surface area (Å²) in [7, 11) is 0. The van der Waals surface area contributed by atoms with E-state index in [2.05, 4.69) is 10.6 Å². The maximum atomic E-state index is 12.7. The molecule has 16 N–H and O–H groups in total. The Morgan fingerprint density at radius 2 is 1.57 bits per heavy atom. The van der Waals surface area contributed by atoms with E-state index in [9.17, 15) is 39.4 Å². The first kappa shape index (κ1) is 34.8. The lowest BCUT2D eigenvalue weighted by Gasteiger charge is -2.48. The molecular formula is C23H43F2N7O10. The predicted octanol–water partition coefficient (Wildman–Crippen LogP) is -5.43. The van der Waals surface area contributed by atoms with Crippen molar-refractivity contribution in [3.05, 3.63) is 0 Å². The van der Waals surface area contributed by atoms with E-state index >= 15 is 0 Å². The first-order valence-corrected chi connectivity index (χ1v) is 13.6. The fraction of sp³-hybridized carbons (Fsp3) is 0.913. The summed E-state index contributed by atoms with van der Waals surface area (Å²) in [5.41, 5.74) is 18.4. The standard InChI is InChI=1S/C23H43F2N7O10/c24-19(25)21(30)31-4-7-1-2-8(26)22(39-7)41-17-9(27)3-10(32-20(29)11(35)5-33)18(16(17)38)42-23-15(37)13(28)14(36)12(6-34)40-23/h7-19,22-23,33-38H,1-6,26-28H2,(H2,29,32)(H2,30,31)/t7-,8?,9-,10+,11?,12?,13-,14?,15?,16?,17?,18?,22+,23+/m0/s1. The van der Waals surface area contributed by atoms with Gasteiger partial charge in [-0.05, 0) is 19.3 Å². The van der Waals surface area contributed by atoms with E-state index < -0.39 is 117 Å². The number of aliphatic hydroxyl groups is 6. The molecule has 2 heterocycles. The Bertz CT molecular complexity index is 899. The van der Waals surface area contributed by atoms with Crippen LogP contribution in [0, 0.1) is 10.8 Å². The number of hydrogen-bond acceptors (Lipinski definition) is 15. The van der Waals surface area contributed by atoms with Crippen LogP contribution in [0.1, 0.15) is 19.3 Å². The summed E-state index contributed by atoms with van der Waals surface area (Å²) in [4.78, 5) is 0. The number of hydrogen-bond donors (Lipinski definition) is 13. The molecule has 14 atom stereocenters. The van der Waals surface area contributed by atoms with Crippen molar-refractivity contribution >= 4 is 11.7 Å². The first-order valence-electron chi connectivity index (χ1n) is 13.6. The van der Waals surface area contributed by atoms with Crippen LogP contribution in [0.4, 0.5) is 8.78 Å². The van der Waals surface area contributed by atoms with Gasteiger partial charge in [-0.15, -0.1) is 0 Å². The Morgan fingerprint density at radius 3 is 2.19 bits per heavy atom. The Morgan fingerprint density at radius 1 is 0.905 bits per heavy atom. The van der Waals surface area contributed by atoms with Crippen LogP contribution >= 0.6 is 0 Å². The van der Waals surface area contributed by atoms with Crippen molar-refractivity contribution in [3.63, 3.8) is 0 Å². The Labute approximate surface area is 240 Å². The topological polar surface area (TPSA) is 308 Å². The highest BCUT2D eigenvalue weighted by Crippen LogP contribution is 2.31. The molecule has 0 radical (unpaired) electrons. The molecule has 0 bridgehead atoms. The Balaban J connectivity index is 1.78. The summed E-state index contributed by atoms with van der Waals surface area (Å²) < 4.78 is 48.5. The highest BCUT2D eigenvalue weighted by atomic mass is 19.3. The van der Waals surface area contributed by atoms with Crippen molar-refractivity contribution < 1.29 is 58.4 Å². The lowest BCUT2D eigenvalue weighted by atomic mass is 9.83. The second-order valence-electron chi connectivity index (χ2n) is 10.7. The smallest absolute Gasteiger partial charge is 0.294 e. The number of nitrogens with two attached hydrogens (primary N) is 3. The summed E-state index contributed by atoms with van der Waals surface area (Å²) in [5.74, 6) is -1.48. The quantitative estimate of drug-likeness (QED) is 0.0762. The number of rotatable bonds is 11. The van der Waals surface area contributed by atoms with E-state index in [4.69, 9.17) is 47.0 Å². The summed E-state index contributed by atoms with van der Waals surface area (Å²) in [6, 6.07) is -3.92. The number of amidine groups is 2. The van der Waals surface area contributed by atoms with Crippen molar-refractivity contribution in [3.8, 4) is 0 Å². The molecule has 244 valence electrons. The van der Waals surface area contributed by atoms with E-state index in [-0.39, 0.29) is 13.0 Å². The molecular weight excluding hydrogens is 572 g/mol. The van der Waals surface area contributed by atoms with Gasteiger partial charge in [-0.1, -0.05) is 0 Å². The highest BCUT2D eigenvalue weighted by molar-refractivity contribution is 5.83. The van der Waals surface area contributed by atoms with Crippen LogP contribution in [0.25, 0.3) is 0 Å². The molecule has 42 heavy (non-hydrogen) atoms. The molecule has 3 aliphatic rings. The molecule has 0 aromatic heterocycles. The number of aliphatic hydroxyl groups excluding tert-OH is 6. The van der Waals surface area contributed by atoms with Gasteiger partial charge in [-0.3, -0.25) is 10.8 Å². The van der Waals surface area contributed by atoms with E-state index in [0.29, 0.717) is 12.8 Å². The largest absolute Gasteiger partial charge is 0.394 e. The lowest BCUT2D eigenvalue weighted by Crippen LogP contribution is -2.69. The van der Waals surface area contributed by atoms with Crippen LogP contribution in [0.15, 0.2) is 0 Å². The third-order valence-corrected chi connectivity index (χ3v) is 7.62. The van der Waals surface area contributed by atoms with Gasteiger partial charge in [0.1, 0.15) is 48.6 Å². The molecule has 8 unspecified atom stereocenters. The van der Waals surface area contributed by atoms with Crippen LogP contribution in [-0.4, -0.2) is 154 Å². The lowest BCUT2D eigenvalue weighted by molar-refractivity contribution is -0.313. The van der Waals surface area contributed by atoms with E-state index in [1.807, 2.05) is 0 Å². The van der Waals surface area contributed by atoms with Gasteiger partial charge >= 0.3 is 0 Å². The minimum absolute atomic E-state index is 0.0493. The zero-order valence-electron chi connectivity index (χ0n) is 22.7. The van der Waals surface area contributed by atoms with Gasteiger partial charge in [-0.2, -0.15) is 0 Å². The molecule has 1 saturated carbocycles. The molecule has 0 aromatic carbocycles.